The Balaban J connectivity index is 0.0000151. The molecule has 2 fully saturated rings. The fraction of sp³-hybridized carbons (Fsp3) is 0.380. The molecule has 0 spiro atoms. The summed E-state index contributed by atoms with van der Waals surface area (Å²) in [6, 6.07) is 24.9. The number of carbonyl (C=O) groups excluding carboxylic acids is 9. The molecule has 7 aliphatic heterocycles. The minimum atomic E-state index is -2.26. The average molecular weight is 1820 g/mol. The van der Waals surface area contributed by atoms with Crippen molar-refractivity contribution < 1.29 is 133 Å². The first-order chi connectivity index (χ1) is 60.9. The van der Waals surface area contributed by atoms with Crippen molar-refractivity contribution in [3.05, 3.63) is 211 Å². The first-order valence-corrected chi connectivity index (χ1v) is 42.4. The number of aliphatic hydroxyl groups is 6. The number of nitrogens with one attached hydrogen (secondary N) is 5. The molecular formula is C92H102Cl2N8O27. The highest BCUT2D eigenvalue weighted by Gasteiger charge is 2.52. The van der Waals surface area contributed by atoms with Gasteiger partial charge in [-0.2, -0.15) is 0 Å². The monoisotopic (exact) mass is 1820 g/mol. The van der Waals surface area contributed by atoms with Gasteiger partial charge >= 0.3 is 0 Å². The first-order valence-electron chi connectivity index (χ1n) is 41.6. The van der Waals surface area contributed by atoms with Gasteiger partial charge in [0, 0.05) is 66.4 Å². The lowest BCUT2D eigenvalue weighted by Gasteiger charge is -2.47. The number of Topliss-reactive ketones (excluding diaryl/α,β-unsaturated/α-hetero) is 3. The van der Waals surface area contributed by atoms with Crippen molar-refractivity contribution in [2.75, 3.05) is 11.9 Å². The van der Waals surface area contributed by atoms with Crippen LogP contribution in [0.3, 0.4) is 0 Å². The van der Waals surface area contributed by atoms with E-state index in [1.165, 1.54) is 56.3 Å². The lowest BCUT2D eigenvalue weighted by Crippen LogP contribution is -2.71. The third-order valence-corrected chi connectivity index (χ3v) is 24.1. The number of hydrogen-bond donors (Lipinski definition) is 17. The van der Waals surface area contributed by atoms with Crippen LogP contribution in [0.5, 0.6) is 51.7 Å². The van der Waals surface area contributed by atoms with Gasteiger partial charge in [-0.3, -0.25) is 43.2 Å². The second-order valence-electron chi connectivity index (χ2n) is 33.4. The second-order valence-corrected chi connectivity index (χ2v) is 34.2. The molecule has 6 amide bonds. The van der Waals surface area contributed by atoms with E-state index in [4.69, 9.17) is 67.8 Å². The fourth-order valence-corrected chi connectivity index (χ4v) is 17.1. The number of phenolic OH excluding ortho intramolecular Hbond substituents is 3. The van der Waals surface area contributed by atoms with Gasteiger partial charge in [0.15, 0.2) is 52.7 Å². The summed E-state index contributed by atoms with van der Waals surface area (Å²) in [6.07, 6.45) is -20.8. The maximum Gasteiger partial charge on any atom is 0.261 e. The fourth-order valence-electron chi connectivity index (χ4n) is 16.7. The molecule has 0 aromatic heterocycles. The third kappa shape index (κ3) is 21.6. The number of rotatable bonds is 22. The number of fused-ring (bicyclic) bond motifs is 15. The number of quaternary nitrogens is 1. The minimum Gasteiger partial charge on any atom is -0.630 e. The van der Waals surface area contributed by atoms with Crippen molar-refractivity contribution in [1.82, 2.24) is 21.3 Å². The minimum absolute atomic E-state index is 0. The van der Waals surface area contributed by atoms with Crippen molar-refractivity contribution in [3.8, 4) is 62.9 Å². The molecule has 8 aromatic carbocycles. The van der Waals surface area contributed by atoms with Crippen LogP contribution < -0.4 is 62.5 Å². The molecule has 129 heavy (non-hydrogen) atoms. The van der Waals surface area contributed by atoms with Gasteiger partial charge in [-0.15, -0.1) is 0 Å². The summed E-state index contributed by atoms with van der Waals surface area (Å²) in [6.45, 7) is 9.36. The van der Waals surface area contributed by atoms with E-state index in [1.807, 2.05) is 44.2 Å². The lowest BCUT2D eigenvalue weighted by molar-refractivity contribution is -0.498. The first kappa shape index (κ1) is 96.3. The van der Waals surface area contributed by atoms with Gasteiger partial charge < -0.3 is 133 Å². The normalized spacial score (nSPS) is 25.5. The third-order valence-electron chi connectivity index (χ3n) is 23.5. The van der Waals surface area contributed by atoms with E-state index in [0.29, 0.717) is 23.0 Å². The number of phenols is 3. The zero-order valence-electron chi connectivity index (χ0n) is 70.8. The number of benzene rings is 8. The molecule has 0 aliphatic carbocycles. The Kier molecular flexibility index (Phi) is 30.6. The van der Waals surface area contributed by atoms with Crippen molar-refractivity contribution in [2.45, 2.75) is 197 Å². The van der Waals surface area contributed by atoms with E-state index < -0.39 is 239 Å². The Morgan fingerprint density at radius 2 is 1.38 bits per heavy atom. The molecule has 0 saturated carbocycles. The number of anilines is 1. The number of hydrogen-bond acceptors (Lipinski definition) is 27. The van der Waals surface area contributed by atoms with Gasteiger partial charge in [0.25, 0.3) is 5.91 Å². The largest absolute Gasteiger partial charge is 0.630 e. The highest BCUT2D eigenvalue weighted by Crippen LogP contribution is 2.51. The van der Waals surface area contributed by atoms with Gasteiger partial charge in [-0.25, -0.2) is 0 Å². The average Bonchev–Trinajstić information content (AvgIpc) is 0.762. The van der Waals surface area contributed by atoms with Crippen LogP contribution in [0.25, 0.3) is 11.1 Å². The molecule has 686 valence electrons. The Bertz CT molecular complexity index is 5570. The molecule has 35 nitrogen and oxygen atoms in total. The topological polar surface area (TPSA) is 584 Å². The standard InChI is InChI=1S/C92H100Cl2N8O26.H2O/c1-7-46(26-41(2)3)86(116)100-76-63(108)31-51(34-70(95)110)87(117)98-73-50-32-67(124-65-24-19-48(78(76)111)29-58(65)93)83(128-91-84(81(114)80(113)69(39-103)126-91)127-71-38-92(6,96)85(115)43(5)123-71)68(33-50)125-66-25-20-49(30-59(66)94)79(112)77-90(120)99-74(57-35-53(104)36-62(107)72(57)56-28-47(18-23-60(56)105)55(37-64(73)109)89(119)101-77)61(106)22-17-44-14-11-15-52(27-44)97-88(118)54-21-16-42(4)82(75(54)102-121)122-40-45-12-9-8-10-13-45;/h8-16,18-21,23-25,27-30,32-33,35-36,41,43,46,51,55,69,71,73-74,76-81,84-85,91,103-105,107,111-115H,7,17,22,26,31,34,37-40,96,102H2,1-6H3,(H2,95,110)(H,97,118)(H,98,117)(H,99,120)(H,100,116)(H,101,119);1H2/t43-,46+,51-,55+,69+,71-,73?,74+,76-,77-,78+,79+,80+,81-,84+,85+,91-,92-;/m0./s1. The van der Waals surface area contributed by atoms with E-state index >= 15 is 28.8 Å². The molecule has 37 heteroatoms. The van der Waals surface area contributed by atoms with Crippen LogP contribution in [-0.2, 0) is 65.6 Å². The highest BCUT2D eigenvalue weighted by molar-refractivity contribution is 6.32. The SMILES string of the molecule is CC[C@H](CC(C)C)C(=O)N[C@H]1C(=O)C[C@@H](CC(N)=O)C(=O)NC2C(=O)C[C@H]3C(=O)N[C@H](C(=O)N[C@@H](C(=O)CCc4cccc(NC(=O)c5ccc(C)c(OCc6ccccc6)c5[NH2+][O-])c4)c4cc(O)cc(O)c4-c4cc3ccc4O)[C@H](O)c3ccc(c(Cl)c3)Oc3cc2cc(c3O[C@@H]2O[C@H](CO)[C@@H](O)[C@H](O)[C@H]2O[C@H]2C[C@](C)(N)[C@H](O)[C@H](C)O2)Oc2ccc(cc2Cl)[C@H]1O.O. The number of ketones is 3. The molecule has 18 atom stereocenters. The number of primary amides is 1. The van der Waals surface area contributed by atoms with Crippen molar-refractivity contribution in [3.63, 3.8) is 0 Å². The summed E-state index contributed by atoms with van der Waals surface area (Å²) in [5, 5.41) is 132. The molecular weight excluding hydrogens is 1720 g/mol. The maximum absolute atomic E-state index is 16.5. The van der Waals surface area contributed by atoms with Gasteiger partial charge in [0.1, 0.15) is 95.6 Å². The summed E-state index contributed by atoms with van der Waals surface area (Å²) >= 11 is 14.4. The van der Waals surface area contributed by atoms with Crippen LogP contribution >= 0.6 is 23.2 Å². The number of halogens is 2. The van der Waals surface area contributed by atoms with E-state index in [9.17, 15) is 65.5 Å². The van der Waals surface area contributed by atoms with Crippen LogP contribution in [-0.4, -0.2) is 178 Å². The highest BCUT2D eigenvalue weighted by atomic mass is 35.5. The second kappa shape index (κ2) is 40.9. The molecule has 2 saturated heterocycles. The number of carbonyl (C=O) groups is 9. The summed E-state index contributed by atoms with van der Waals surface area (Å²) < 4.78 is 45.0. The predicted octanol–water partition coefficient (Wildman–Crippen LogP) is 6.65. The molecule has 11 bridgehead atoms. The van der Waals surface area contributed by atoms with Crippen LogP contribution in [0.4, 0.5) is 11.4 Å². The number of nitrogens with two attached hydrogens (primary N) is 3. The van der Waals surface area contributed by atoms with Crippen LogP contribution in [0.1, 0.15) is 165 Å². The number of aryl methyl sites for hydroxylation is 2. The van der Waals surface area contributed by atoms with E-state index in [2.05, 4.69) is 26.6 Å². The van der Waals surface area contributed by atoms with Crippen LogP contribution in [0, 0.1) is 29.9 Å². The molecule has 8 aromatic rings. The van der Waals surface area contributed by atoms with E-state index in [-0.39, 0.29) is 110 Å². The van der Waals surface area contributed by atoms with Crippen molar-refractivity contribution in [1.29, 1.82) is 0 Å². The summed E-state index contributed by atoms with van der Waals surface area (Å²) in [7, 11) is 0. The molecule has 22 N–H and O–H groups in total. The Morgan fingerprint density at radius 3 is 2.02 bits per heavy atom. The number of aliphatic hydroxyl groups excluding tert-OH is 6. The molecule has 0 radical (unpaired) electrons. The van der Waals surface area contributed by atoms with Gasteiger partial charge in [-0.05, 0) is 163 Å². The number of amides is 6. The van der Waals surface area contributed by atoms with E-state index in [1.54, 1.807) is 44.2 Å². The van der Waals surface area contributed by atoms with Gasteiger partial charge in [-0.1, -0.05) is 111 Å². The zero-order valence-corrected chi connectivity index (χ0v) is 72.3. The Hall–Kier alpha value is -11.8. The molecule has 7 heterocycles. The quantitative estimate of drug-likeness (QED) is 0.0249. The van der Waals surface area contributed by atoms with Crippen LogP contribution in [0.15, 0.2) is 146 Å². The smallest absolute Gasteiger partial charge is 0.261 e. The van der Waals surface area contributed by atoms with Gasteiger partial charge in [0.2, 0.25) is 41.6 Å². The van der Waals surface area contributed by atoms with Crippen LogP contribution in [0.2, 0.25) is 10.0 Å². The van der Waals surface area contributed by atoms with Gasteiger partial charge in [0.05, 0.1) is 40.7 Å². The van der Waals surface area contributed by atoms with Crippen molar-refractivity contribution in [2.24, 2.45) is 29.2 Å². The molecule has 15 rings (SSSR count). The lowest BCUT2D eigenvalue weighted by atomic mass is 9.84. The Morgan fingerprint density at radius 1 is 0.713 bits per heavy atom. The zero-order chi connectivity index (χ0) is 92.2. The molecule has 1 unspecified atom stereocenters. The predicted molar refractivity (Wildman–Crippen MR) is 463 cm³/mol. The van der Waals surface area contributed by atoms with Crippen molar-refractivity contribution >= 4 is 87.4 Å². The summed E-state index contributed by atoms with van der Waals surface area (Å²) in [4.78, 5) is 137. The maximum atomic E-state index is 16.5. The Labute approximate surface area is 749 Å². The van der Waals surface area contributed by atoms with E-state index in [0.717, 1.165) is 48.0 Å². The molecule has 7 aliphatic rings. The number of aromatic hydroxyl groups is 3. The summed E-state index contributed by atoms with van der Waals surface area (Å²) in [5.41, 5.74) is 11.5. The number of ether oxygens (including phenoxy) is 7. The summed E-state index contributed by atoms with van der Waals surface area (Å²) in [5.74, 6) is -18.5.